The number of rotatable bonds is 4. The maximum atomic E-state index is 12.8. The molecule has 0 spiro atoms. The molecular weight excluding hydrogens is 269 g/mol. The monoisotopic (exact) mass is 287 g/mol. The molecule has 0 amide bonds. The van der Waals surface area contributed by atoms with Crippen molar-refractivity contribution in [1.29, 1.82) is 0 Å². The number of pyridine rings is 1. The Labute approximate surface area is 123 Å². The normalized spacial score (nSPS) is 18.0. The van der Waals surface area contributed by atoms with Crippen molar-refractivity contribution >= 4 is 11.8 Å². The van der Waals surface area contributed by atoms with Crippen LogP contribution in [0.3, 0.4) is 0 Å². The molecule has 1 aliphatic heterocycles. The Hall–Kier alpha value is -2.24. The van der Waals surface area contributed by atoms with Crippen LogP contribution in [-0.2, 0) is 0 Å². The van der Waals surface area contributed by atoms with Crippen molar-refractivity contribution in [2.45, 2.75) is 13.3 Å². The fourth-order valence-electron chi connectivity index (χ4n) is 2.54. The molecule has 21 heavy (non-hydrogen) atoms. The third-order valence-corrected chi connectivity index (χ3v) is 3.64. The average molecular weight is 287 g/mol. The standard InChI is InChI=1S/C15H18FN5/c1-11-3-2-4-14(20-11)17-7-12-5-6-21(10-12)15-18-8-13(16)9-19-15/h2-4,8-9,12H,5-7,10H2,1H3,(H,17,20). The first kappa shape index (κ1) is 13.7. The third kappa shape index (κ3) is 3.45. The van der Waals surface area contributed by atoms with Crippen LogP contribution in [-0.4, -0.2) is 34.6 Å². The smallest absolute Gasteiger partial charge is 0.225 e. The van der Waals surface area contributed by atoms with Gasteiger partial charge in [-0.05, 0) is 31.4 Å². The highest BCUT2D eigenvalue weighted by atomic mass is 19.1. The molecule has 1 saturated heterocycles. The highest BCUT2D eigenvalue weighted by molar-refractivity contribution is 5.36. The molecule has 1 N–H and O–H groups in total. The fourth-order valence-corrected chi connectivity index (χ4v) is 2.54. The molecule has 1 unspecified atom stereocenters. The van der Waals surface area contributed by atoms with Crippen molar-refractivity contribution in [2.24, 2.45) is 5.92 Å². The van der Waals surface area contributed by atoms with Gasteiger partial charge in [0.1, 0.15) is 5.82 Å². The molecule has 3 heterocycles. The Balaban J connectivity index is 1.54. The van der Waals surface area contributed by atoms with E-state index in [2.05, 4.69) is 25.2 Å². The number of anilines is 2. The van der Waals surface area contributed by atoms with Gasteiger partial charge in [0.25, 0.3) is 0 Å². The predicted octanol–water partition coefficient (Wildman–Crippen LogP) is 2.26. The molecule has 3 rings (SSSR count). The summed E-state index contributed by atoms with van der Waals surface area (Å²) < 4.78 is 12.8. The van der Waals surface area contributed by atoms with Crippen LogP contribution < -0.4 is 10.2 Å². The number of nitrogens with one attached hydrogen (secondary N) is 1. The van der Waals surface area contributed by atoms with E-state index in [1.54, 1.807) is 0 Å². The number of nitrogens with zero attached hydrogens (tertiary/aromatic N) is 4. The molecule has 1 aliphatic rings. The molecular formula is C15H18FN5. The molecule has 1 fully saturated rings. The lowest BCUT2D eigenvalue weighted by atomic mass is 10.1. The van der Waals surface area contributed by atoms with Crippen molar-refractivity contribution in [2.75, 3.05) is 29.9 Å². The summed E-state index contributed by atoms with van der Waals surface area (Å²) in [5.74, 6) is 1.63. The van der Waals surface area contributed by atoms with Crippen LogP contribution in [0.2, 0.25) is 0 Å². The molecule has 0 saturated carbocycles. The van der Waals surface area contributed by atoms with Crippen molar-refractivity contribution < 1.29 is 4.39 Å². The summed E-state index contributed by atoms with van der Waals surface area (Å²) in [6, 6.07) is 5.95. The molecule has 110 valence electrons. The third-order valence-electron chi connectivity index (χ3n) is 3.64. The number of aromatic nitrogens is 3. The van der Waals surface area contributed by atoms with E-state index in [1.807, 2.05) is 25.1 Å². The van der Waals surface area contributed by atoms with E-state index in [9.17, 15) is 4.39 Å². The van der Waals surface area contributed by atoms with E-state index in [1.165, 1.54) is 12.4 Å². The summed E-state index contributed by atoms with van der Waals surface area (Å²) in [6.45, 7) is 4.63. The summed E-state index contributed by atoms with van der Waals surface area (Å²) >= 11 is 0. The second-order valence-electron chi connectivity index (χ2n) is 5.35. The second-order valence-corrected chi connectivity index (χ2v) is 5.35. The van der Waals surface area contributed by atoms with Crippen molar-refractivity contribution in [3.63, 3.8) is 0 Å². The van der Waals surface area contributed by atoms with Gasteiger partial charge in [-0.3, -0.25) is 0 Å². The highest BCUT2D eigenvalue weighted by Crippen LogP contribution is 2.20. The van der Waals surface area contributed by atoms with Crippen LogP contribution in [0.5, 0.6) is 0 Å². The summed E-state index contributed by atoms with van der Waals surface area (Å²) in [4.78, 5) is 14.6. The lowest BCUT2D eigenvalue weighted by Crippen LogP contribution is -2.24. The van der Waals surface area contributed by atoms with E-state index in [0.717, 1.165) is 37.6 Å². The van der Waals surface area contributed by atoms with Crippen molar-refractivity contribution in [3.05, 3.63) is 42.1 Å². The van der Waals surface area contributed by atoms with E-state index in [4.69, 9.17) is 0 Å². The van der Waals surface area contributed by atoms with Crippen LogP contribution in [0, 0.1) is 18.7 Å². The maximum Gasteiger partial charge on any atom is 0.225 e. The van der Waals surface area contributed by atoms with Crippen LogP contribution in [0.25, 0.3) is 0 Å². The fraction of sp³-hybridized carbons (Fsp3) is 0.400. The minimum absolute atomic E-state index is 0.401. The van der Waals surface area contributed by atoms with E-state index in [0.29, 0.717) is 11.9 Å². The summed E-state index contributed by atoms with van der Waals surface area (Å²) in [6.07, 6.45) is 3.49. The van der Waals surface area contributed by atoms with Gasteiger partial charge < -0.3 is 10.2 Å². The van der Waals surface area contributed by atoms with Gasteiger partial charge in [0.2, 0.25) is 5.95 Å². The maximum absolute atomic E-state index is 12.8. The Morgan fingerprint density at radius 3 is 2.90 bits per heavy atom. The first-order valence-electron chi connectivity index (χ1n) is 7.11. The van der Waals surface area contributed by atoms with Gasteiger partial charge in [0.05, 0.1) is 12.4 Å². The zero-order valence-corrected chi connectivity index (χ0v) is 12.0. The van der Waals surface area contributed by atoms with E-state index >= 15 is 0 Å². The van der Waals surface area contributed by atoms with Crippen LogP contribution in [0.15, 0.2) is 30.6 Å². The zero-order valence-electron chi connectivity index (χ0n) is 12.0. The molecule has 0 aromatic carbocycles. The van der Waals surface area contributed by atoms with Gasteiger partial charge in [-0.15, -0.1) is 0 Å². The SMILES string of the molecule is Cc1cccc(NCC2CCN(c3ncc(F)cn3)C2)n1. The van der Waals surface area contributed by atoms with Gasteiger partial charge in [-0.2, -0.15) is 0 Å². The molecule has 2 aromatic heterocycles. The number of halogens is 1. The van der Waals surface area contributed by atoms with Gasteiger partial charge >= 0.3 is 0 Å². The van der Waals surface area contributed by atoms with Gasteiger partial charge in [0, 0.05) is 25.3 Å². The number of hydrogen-bond acceptors (Lipinski definition) is 5. The van der Waals surface area contributed by atoms with Gasteiger partial charge in [-0.25, -0.2) is 19.3 Å². The quantitative estimate of drug-likeness (QED) is 0.934. The van der Waals surface area contributed by atoms with E-state index < -0.39 is 5.82 Å². The first-order valence-corrected chi connectivity index (χ1v) is 7.11. The molecule has 0 bridgehead atoms. The predicted molar refractivity (Wildman–Crippen MR) is 79.8 cm³/mol. The minimum atomic E-state index is -0.401. The number of hydrogen-bond donors (Lipinski definition) is 1. The Morgan fingerprint density at radius 1 is 1.33 bits per heavy atom. The van der Waals surface area contributed by atoms with E-state index in [-0.39, 0.29) is 0 Å². The Morgan fingerprint density at radius 2 is 2.14 bits per heavy atom. The average Bonchev–Trinajstić information content (AvgIpc) is 2.95. The molecule has 5 nitrogen and oxygen atoms in total. The molecule has 0 radical (unpaired) electrons. The summed E-state index contributed by atoms with van der Waals surface area (Å²) in [5.41, 5.74) is 1.01. The lowest BCUT2D eigenvalue weighted by Gasteiger charge is -2.16. The second kappa shape index (κ2) is 6.03. The molecule has 2 aromatic rings. The molecule has 0 aliphatic carbocycles. The Bertz CT molecular complexity index is 601. The zero-order chi connectivity index (χ0) is 14.7. The van der Waals surface area contributed by atoms with Crippen molar-refractivity contribution in [1.82, 2.24) is 15.0 Å². The van der Waals surface area contributed by atoms with Crippen LogP contribution >= 0.6 is 0 Å². The molecule has 1 atom stereocenters. The van der Waals surface area contributed by atoms with Crippen molar-refractivity contribution in [3.8, 4) is 0 Å². The van der Waals surface area contributed by atoms with Crippen LogP contribution in [0.4, 0.5) is 16.2 Å². The number of aryl methyl sites for hydroxylation is 1. The van der Waals surface area contributed by atoms with Gasteiger partial charge in [0.15, 0.2) is 5.82 Å². The lowest BCUT2D eigenvalue weighted by molar-refractivity contribution is 0.609. The first-order chi connectivity index (χ1) is 10.2. The largest absolute Gasteiger partial charge is 0.370 e. The topological polar surface area (TPSA) is 53.9 Å². The Kier molecular flexibility index (Phi) is 3.94. The summed E-state index contributed by atoms with van der Waals surface area (Å²) in [7, 11) is 0. The highest BCUT2D eigenvalue weighted by Gasteiger charge is 2.24. The molecule has 6 heteroatoms. The summed E-state index contributed by atoms with van der Waals surface area (Å²) in [5, 5.41) is 3.37. The van der Waals surface area contributed by atoms with Crippen LogP contribution in [0.1, 0.15) is 12.1 Å². The minimum Gasteiger partial charge on any atom is -0.370 e. The van der Waals surface area contributed by atoms with Gasteiger partial charge in [-0.1, -0.05) is 6.07 Å².